The summed E-state index contributed by atoms with van der Waals surface area (Å²) in [5.41, 5.74) is 0. The summed E-state index contributed by atoms with van der Waals surface area (Å²) >= 11 is 0. The van der Waals surface area contributed by atoms with Gasteiger partial charge in [0.1, 0.15) is 0 Å². The zero-order valence-electron chi connectivity index (χ0n) is 10.1. The number of hydrogen-bond acceptors (Lipinski definition) is 3. The number of nitrogens with zero attached hydrogens (tertiary/aromatic N) is 2. The van der Waals surface area contributed by atoms with Crippen LogP contribution >= 0.6 is 0 Å². The lowest BCUT2D eigenvalue weighted by molar-refractivity contribution is 0.117. The van der Waals surface area contributed by atoms with E-state index in [9.17, 15) is 0 Å². The Morgan fingerprint density at radius 2 is 1.64 bits per heavy atom. The zero-order chi connectivity index (χ0) is 10.6. The Labute approximate surface area is 88.5 Å². The van der Waals surface area contributed by atoms with Crippen molar-refractivity contribution in [3.63, 3.8) is 0 Å². The minimum atomic E-state index is 0.602. The summed E-state index contributed by atoms with van der Waals surface area (Å²) < 4.78 is 0. The van der Waals surface area contributed by atoms with E-state index in [1.807, 2.05) is 0 Å². The fourth-order valence-corrected chi connectivity index (χ4v) is 1.80. The van der Waals surface area contributed by atoms with E-state index in [2.05, 4.69) is 42.9 Å². The number of rotatable bonds is 4. The molecule has 1 N–H and O–H groups in total. The van der Waals surface area contributed by atoms with Gasteiger partial charge in [-0.3, -0.25) is 4.90 Å². The van der Waals surface area contributed by atoms with Crippen molar-refractivity contribution in [3.05, 3.63) is 0 Å². The van der Waals surface area contributed by atoms with Gasteiger partial charge in [0.25, 0.3) is 0 Å². The molecule has 14 heavy (non-hydrogen) atoms. The van der Waals surface area contributed by atoms with E-state index in [1.54, 1.807) is 0 Å². The van der Waals surface area contributed by atoms with Crippen molar-refractivity contribution in [3.8, 4) is 0 Å². The standard InChI is InChI=1S/C11H25N3/c1-10(2)12-9-11(3)14-7-5-13(4)6-8-14/h10-12H,5-9H2,1-4H3. The summed E-state index contributed by atoms with van der Waals surface area (Å²) in [6.45, 7) is 12.7. The Balaban J connectivity index is 2.20. The first kappa shape index (κ1) is 12.0. The van der Waals surface area contributed by atoms with Gasteiger partial charge in [-0.2, -0.15) is 0 Å². The van der Waals surface area contributed by atoms with Crippen LogP contribution in [0.1, 0.15) is 20.8 Å². The molecule has 1 fully saturated rings. The average molecular weight is 199 g/mol. The summed E-state index contributed by atoms with van der Waals surface area (Å²) in [4.78, 5) is 4.98. The van der Waals surface area contributed by atoms with Crippen LogP contribution in [0.5, 0.6) is 0 Å². The Hall–Kier alpha value is -0.120. The lowest BCUT2D eigenvalue weighted by Gasteiger charge is -2.36. The summed E-state index contributed by atoms with van der Waals surface area (Å²) in [5.74, 6) is 0. The maximum Gasteiger partial charge on any atom is 0.0193 e. The van der Waals surface area contributed by atoms with E-state index in [-0.39, 0.29) is 0 Å². The van der Waals surface area contributed by atoms with Gasteiger partial charge in [0.05, 0.1) is 0 Å². The molecular weight excluding hydrogens is 174 g/mol. The Morgan fingerprint density at radius 1 is 1.07 bits per heavy atom. The average Bonchev–Trinajstić information content (AvgIpc) is 2.15. The highest BCUT2D eigenvalue weighted by molar-refractivity contribution is 4.76. The molecule has 1 aliphatic heterocycles. The first-order valence-electron chi connectivity index (χ1n) is 5.75. The van der Waals surface area contributed by atoms with Gasteiger partial charge < -0.3 is 10.2 Å². The molecule has 0 amide bonds. The molecule has 1 unspecified atom stereocenters. The molecule has 0 saturated carbocycles. The molecule has 1 atom stereocenters. The molecule has 1 heterocycles. The van der Waals surface area contributed by atoms with Gasteiger partial charge in [0, 0.05) is 44.8 Å². The smallest absolute Gasteiger partial charge is 0.0193 e. The van der Waals surface area contributed by atoms with Crippen LogP contribution in [0.4, 0.5) is 0 Å². The molecule has 0 aromatic rings. The van der Waals surface area contributed by atoms with Gasteiger partial charge in [-0.15, -0.1) is 0 Å². The molecule has 0 spiro atoms. The van der Waals surface area contributed by atoms with Crippen LogP contribution in [0.3, 0.4) is 0 Å². The van der Waals surface area contributed by atoms with Gasteiger partial charge in [-0.25, -0.2) is 0 Å². The van der Waals surface area contributed by atoms with Crippen molar-refractivity contribution in [2.75, 3.05) is 39.8 Å². The van der Waals surface area contributed by atoms with Crippen molar-refractivity contribution >= 4 is 0 Å². The number of nitrogens with one attached hydrogen (secondary N) is 1. The maximum atomic E-state index is 3.50. The second-order valence-electron chi connectivity index (χ2n) is 4.75. The highest BCUT2D eigenvalue weighted by Crippen LogP contribution is 2.04. The first-order valence-corrected chi connectivity index (χ1v) is 5.75. The van der Waals surface area contributed by atoms with Crippen LogP contribution in [0.15, 0.2) is 0 Å². The van der Waals surface area contributed by atoms with Crippen molar-refractivity contribution in [2.45, 2.75) is 32.9 Å². The van der Waals surface area contributed by atoms with Crippen LogP contribution in [0, 0.1) is 0 Å². The Bertz CT molecular complexity index is 151. The Morgan fingerprint density at radius 3 is 2.14 bits per heavy atom. The monoisotopic (exact) mass is 199 g/mol. The molecule has 84 valence electrons. The highest BCUT2D eigenvalue weighted by Gasteiger charge is 2.18. The fraction of sp³-hybridized carbons (Fsp3) is 1.00. The summed E-state index contributed by atoms with van der Waals surface area (Å²) in [7, 11) is 2.20. The zero-order valence-corrected chi connectivity index (χ0v) is 10.1. The SMILES string of the molecule is CC(C)NCC(C)N1CCN(C)CC1. The second-order valence-corrected chi connectivity index (χ2v) is 4.75. The van der Waals surface area contributed by atoms with Crippen LogP contribution in [-0.2, 0) is 0 Å². The Kier molecular flexibility index (Phi) is 4.85. The minimum absolute atomic E-state index is 0.602. The molecular formula is C11H25N3. The summed E-state index contributed by atoms with van der Waals surface area (Å²) in [5, 5.41) is 3.50. The van der Waals surface area contributed by atoms with Crippen molar-refractivity contribution in [2.24, 2.45) is 0 Å². The maximum absolute atomic E-state index is 3.50. The number of piperazine rings is 1. The van der Waals surface area contributed by atoms with Gasteiger partial charge >= 0.3 is 0 Å². The molecule has 1 rings (SSSR count). The van der Waals surface area contributed by atoms with Crippen molar-refractivity contribution in [1.29, 1.82) is 0 Å². The van der Waals surface area contributed by atoms with E-state index in [0.717, 1.165) is 6.54 Å². The quantitative estimate of drug-likeness (QED) is 0.716. The number of hydrogen-bond donors (Lipinski definition) is 1. The molecule has 1 saturated heterocycles. The topological polar surface area (TPSA) is 18.5 Å². The lowest BCUT2D eigenvalue weighted by atomic mass is 10.2. The molecule has 0 aromatic carbocycles. The molecule has 3 nitrogen and oxygen atoms in total. The predicted molar refractivity (Wildman–Crippen MR) is 61.7 cm³/mol. The molecule has 1 aliphatic rings. The van der Waals surface area contributed by atoms with Gasteiger partial charge in [0.15, 0.2) is 0 Å². The summed E-state index contributed by atoms with van der Waals surface area (Å²) in [6.07, 6.45) is 0. The molecule has 0 aromatic heterocycles. The van der Waals surface area contributed by atoms with E-state index >= 15 is 0 Å². The second kappa shape index (κ2) is 5.69. The van der Waals surface area contributed by atoms with Gasteiger partial charge in [-0.05, 0) is 14.0 Å². The van der Waals surface area contributed by atoms with Crippen LogP contribution in [0.25, 0.3) is 0 Å². The van der Waals surface area contributed by atoms with Crippen molar-refractivity contribution < 1.29 is 0 Å². The molecule has 0 radical (unpaired) electrons. The third-order valence-corrected chi connectivity index (χ3v) is 2.98. The van der Waals surface area contributed by atoms with Crippen LogP contribution in [0.2, 0.25) is 0 Å². The largest absolute Gasteiger partial charge is 0.313 e. The van der Waals surface area contributed by atoms with Crippen LogP contribution < -0.4 is 5.32 Å². The third-order valence-electron chi connectivity index (χ3n) is 2.98. The van der Waals surface area contributed by atoms with E-state index in [1.165, 1.54) is 26.2 Å². The van der Waals surface area contributed by atoms with Gasteiger partial charge in [-0.1, -0.05) is 13.8 Å². The highest BCUT2D eigenvalue weighted by atomic mass is 15.3. The lowest BCUT2D eigenvalue weighted by Crippen LogP contribution is -2.51. The van der Waals surface area contributed by atoms with Gasteiger partial charge in [0.2, 0.25) is 0 Å². The first-order chi connectivity index (χ1) is 6.59. The summed E-state index contributed by atoms with van der Waals surface area (Å²) in [6, 6.07) is 1.27. The van der Waals surface area contributed by atoms with E-state index in [0.29, 0.717) is 12.1 Å². The normalized spacial score (nSPS) is 22.9. The van der Waals surface area contributed by atoms with Crippen molar-refractivity contribution in [1.82, 2.24) is 15.1 Å². The molecule has 0 aliphatic carbocycles. The van der Waals surface area contributed by atoms with Crippen LogP contribution in [-0.4, -0.2) is 61.7 Å². The van der Waals surface area contributed by atoms with E-state index < -0.39 is 0 Å². The molecule has 0 bridgehead atoms. The third kappa shape index (κ3) is 3.95. The predicted octanol–water partition coefficient (Wildman–Crippen LogP) is 0.620. The molecule has 3 heteroatoms. The van der Waals surface area contributed by atoms with E-state index in [4.69, 9.17) is 0 Å². The fourth-order valence-electron chi connectivity index (χ4n) is 1.80. The number of likely N-dealkylation sites (N-methyl/N-ethyl adjacent to an activating group) is 1. The minimum Gasteiger partial charge on any atom is -0.313 e.